The Morgan fingerprint density at radius 2 is 2.44 bits per heavy atom. The molecule has 0 saturated carbocycles. The van der Waals surface area contributed by atoms with Crippen molar-refractivity contribution in [3.63, 3.8) is 0 Å². The molecule has 1 amide bonds. The van der Waals surface area contributed by atoms with Crippen molar-refractivity contribution in [2.45, 2.75) is 13.3 Å². The molecule has 84 valence electrons. The lowest BCUT2D eigenvalue weighted by molar-refractivity contribution is -0.118. The minimum Gasteiger partial charge on any atom is -0.355 e. The standard InChI is InChI=1S/C11H10BrClN2O/c1-8(16)14-5-3-2-4-9-6-11(13)15-7-10(9)12/h6-7H,3,5H2,1H3,(H,14,16). The number of pyridine rings is 1. The molecule has 0 bridgehead atoms. The number of amides is 1. The summed E-state index contributed by atoms with van der Waals surface area (Å²) in [5.41, 5.74) is 0.794. The molecule has 0 radical (unpaired) electrons. The highest BCUT2D eigenvalue weighted by Gasteiger charge is 1.97. The Kier molecular flexibility index (Phi) is 5.30. The number of rotatable bonds is 2. The Balaban J connectivity index is 2.56. The van der Waals surface area contributed by atoms with Gasteiger partial charge in [0.1, 0.15) is 5.15 Å². The summed E-state index contributed by atoms with van der Waals surface area (Å²) in [4.78, 5) is 14.5. The van der Waals surface area contributed by atoms with Gasteiger partial charge in [-0.25, -0.2) is 4.98 Å². The molecule has 3 nitrogen and oxygen atoms in total. The van der Waals surface area contributed by atoms with Crippen LogP contribution in [0.4, 0.5) is 0 Å². The van der Waals surface area contributed by atoms with Gasteiger partial charge in [0.15, 0.2) is 0 Å². The molecule has 16 heavy (non-hydrogen) atoms. The van der Waals surface area contributed by atoms with Gasteiger partial charge in [-0.1, -0.05) is 23.4 Å². The van der Waals surface area contributed by atoms with E-state index in [2.05, 4.69) is 38.1 Å². The van der Waals surface area contributed by atoms with Crippen LogP contribution < -0.4 is 5.32 Å². The van der Waals surface area contributed by atoms with Crippen LogP contribution in [0.15, 0.2) is 16.7 Å². The number of nitrogens with one attached hydrogen (secondary N) is 1. The molecule has 0 aliphatic rings. The number of aromatic nitrogens is 1. The average Bonchev–Trinajstić information content (AvgIpc) is 2.22. The van der Waals surface area contributed by atoms with Gasteiger partial charge in [0.05, 0.1) is 4.47 Å². The van der Waals surface area contributed by atoms with E-state index < -0.39 is 0 Å². The van der Waals surface area contributed by atoms with Gasteiger partial charge >= 0.3 is 0 Å². The summed E-state index contributed by atoms with van der Waals surface area (Å²) < 4.78 is 0.809. The van der Waals surface area contributed by atoms with Crippen LogP contribution in [0, 0.1) is 11.8 Å². The van der Waals surface area contributed by atoms with Crippen LogP contribution in [-0.4, -0.2) is 17.4 Å². The van der Waals surface area contributed by atoms with Gasteiger partial charge in [0, 0.05) is 31.6 Å². The van der Waals surface area contributed by atoms with Crippen molar-refractivity contribution in [2.75, 3.05) is 6.54 Å². The van der Waals surface area contributed by atoms with Crippen LogP contribution in [0.3, 0.4) is 0 Å². The zero-order chi connectivity index (χ0) is 12.0. The minimum atomic E-state index is -0.0464. The van der Waals surface area contributed by atoms with Gasteiger partial charge < -0.3 is 5.32 Å². The topological polar surface area (TPSA) is 42.0 Å². The molecule has 0 saturated heterocycles. The summed E-state index contributed by atoms with van der Waals surface area (Å²) in [6.07, 6.45) is 2.21. The number of carbonyl (C=O) groups is 1. The molecule has 1 heterocycles. The van der Waals surface area contributed by atoms with Crippen LogP contribution in [0.5, 0.6) is 0 Å². The molecule has 0 unspecified atom stereocenters. The largest absolute Gasteiger partial charge is 0.355 e. The predicted molar refractivity (Wildman–Crippen MR) is 67.1 cm³/mol. The zero-order valence-electron chi connectivity index (χ0n) is 8.68. The van der Waals surface area contributed by atoms with Crippen LogP contribution in [0.25, 0.3) is 0 Å². The van der Waals surface area contributed by atoms with Crippen LogP contribution in [0.1, 0.15) is 18.9 Å². The zero-order valence-corrected chi connectivity index (χ0v) is 11.0. The number of hydrogen-bond donors (Lipinski definition) is 1. The molecule has 0 aromatic carbocycles. The van der Waals surface area contributed by atoms with Crippen LogP contribution in [-0.2, 0) is 4.79 Å². The maximum Gasteiger partial charge on any atom is 0.216 e. The Bertz CT molecular complexity index is 451. The minimum absolute atomic E-state index is 0.0464. The number of carbonyl (C=O) groups excluding carboxylic acids is 1. The van der Waals surface area contributed by atoms with Gasteiger partial charge in [-0.05, 0) is 22.0 Å². The molecule has 0 atom stereocenters. The van der Waals surface area contributed by atoms with Gasteiger partial charge in [-0.2, -0.15) is 0 Å². The van der Waals surface area contributed by atoms with Crippen molar-refractivity contribution in [3.05, 3.63) is 27.5 Å². The Labute approximate surface area is 108 Å². The first kappa shape index (κ1) is 13.0. The highest BCUT2D eigenvalue weighted by atomic mass is 79.9. The van der Waals surface area contributed by atoms with E-state index in [1.807, 2.05) is 0 Å². The van der Waals surface area contributed by atoms with E-state index in [1.54, 1.807) is 12.3 Å². The molecular formula is C11H10BrClN2O. The molecule has 0 aliphatic heterocycles. The van der Waals surface area contributed by atoms with E-state index in [-0.39, 0.29) is 5.91 Å². The number of hydrogen-bond acceptors (Lipinski definition) is 2. The van der Waals surface area contributed by atoms with Crippen molar-refractivity contribution < 1.29 is 4.79 Å². The maximum absolute atomic E-state index is 10.6. The normalized spacial score (nSPS) is 9.19. The predicted octanol–water partition coefficient (Wildman–Crippen LogP) is 2.38. The van der Waals surface area contributed by atoms with Crippen molar-refractivity contribution >= 4 is 33.4 Å². The summed E-state index contributed by atoms with van der Waals surface area (Å²) >= 11 is 9.07. The van der Waals surface area contributed by atoms with E-state index in [0.717, 1.165) is 10.0 Å². The highest BCUT2D eigenvalue weighted by Crippen LogP contribution is 2.17. The first-order valence-corrected chi connectivity index (χ1v) is 5.81. The lowest BCUT2D eigenvalue weighted by Crippen LogP contribution is -2.20. The monoisotopic (exact) mass is 300 g/mol. The highest BCUT2D eigenvalue weighted by molar-refractivity contribution is 9.10. The lowest BCUT2D eigenvalue weighted by Gasteiger charge is -1.96. The Morgan fingerprint density at radius 3 is 3.12 bits per heavy atom. The summed E-state index contributed by atoms with van der Waals surface area (Å²) in [6, 6.07) is 1.69. The Hall–Kier alpha value is -1.05. The summed E-state index contributed by atoms with van der Waals surface area (Å²) in [7, 11) is 0. The van der Waals surface area contributed by atoms with Crippen molar-refractivity contribution in [1.29, 1.82) is 0 Å². The van der Waals surface area contributed by atoms with E-state index in [9.17, 15) is 4.79 Å². The molecule has 5 heteroatoms. The first-order valence-electron chi connectivity index (χ1n) is 4.64. The maximum atomic E-state index is 10.6. The molecule has 0 aliphatic carbocycles. The summed E-state index contributed by atoms with van der Waals surface area (Å²) in [5, 5.41) is 3.08. The molecule has 0 spiro atoms. The van der Waals surface area contributed by atoms with E-state index in [1.165, 1.54) is 6.92 Å². The number of halogens is 2. The second-order valence-corrected chi connectivity index (χ2v) is 4.26. The van der Waals surface area contributed by atoms with E-state index in [0.29, 0.717) is 18.1 Å². The van der Waals surface area contributed by atoms with Gasteiger partial charge in [-0.15, -0.1) is 0 Å². The second-order valence-electron chi connectivity index (χ2n) is 3.02. The fourth-order valence-electron chi connectivity index (χ4n) is 0.968. The second kappa shape index (κ2) is 6.51. The fourth-order valence-corrected chi connectivity index (χ4v) is 1.44. The Morgan fingerprint density at radius 1 is 1.69 bits per heavy atom. The van der Waals surface area contributed by atoms with E-state index >= 15 is 0 Å². The molecule has 0 fully saturated rings. The average molecular weight is 302 g/mol. The smallest absolute Gasteiger partial charge is 0.216 e. The quantitative estimate of drug-likeness (QED) is 0.518. The first-order chi connectivity index (χ1) is 7.59. The lowest BCUT2D eigenvalue weighted by atomic mass is 10.2. The third-order valence-corrected chi connectivity index (χ3v) is 2.51. The van der Waals surface area contributed by atoms with Gasteiger partial charge in [0.25, 0.3) is 0 Å². The van der Waals surface area contributed by atoms with Crippen LogP contribution in [0.2, 0.25) is 5.15 Å². The van der Waals surface area contributed by atoms with Crippen molar-refractivity contribution in [2.24, 2.45) is 0 Å². The molecular weight excluding hydrogens is 291 g/mol. The molecule has 1 aromatic rings. The van der Waals surface area contributed by atoms with E-state index in [4.69, 9.17) is 11.6 Å². The SMILES string of the molecule is CC(=O)NCCC#Cc1cc(Cl)ncc1Br. The van der Waals surface area contributed by atoms with Gasteiger partial charge in [-0.3, -0.25) is 4.79 Å². The third-order valence-electron chi connectivity index (χ3n) is 1.67. The van der Waals surface area contributed by atoms with Crippen molar-refractivity contribution in [1.82, 2.24) is 10.3 Å². The molecule has 1 aromatic heterocycles. The third kappa shape index (κ3) is 4.65. The molecule has 1 rings (SSSR count). The summed E-state index contributed by atoms with van der Waals surface area (Å²) in [5.74, 6) is 5.85. The fraction of sp³-hybridized carbons (Fsp3) is 0.273. The molecule has 1 N–H and O–H groups in total. The van der Waals surface area contributed by atoms with Gasteiger partial charge in [0.2, 0.25) is 5.91 Å². The summed E-state index contributed by atoms with van der Waals surface area (Å²) in [6.45, 7) is 2.03. The van der Waals surface area contributed by atoms with Crippen LogP contribution >= 0.6 is 27.5 Å². The van der Waals surface area contributed by atoms with Crippen molar-refractivity contribution in [3.8, 4) is 11.8 Å². The number of nitrogens with zero attached hydrogens (tertiary/aromatic N) is 1.